The molecule has 0 saturated heterocycles. The van der Waals surface area contributed by atoms with E-state index in [1.54, 1.807) is 13.8 Å². The number of rotatable bonds is 3. The number of sulfone groups is 1. The van der Waals surface area contributed by atoms with Crippen LogP contribution in [0, 0.1) is 0 Å². The first kappa shape index (κ1) is 15.0. The summed E-state index contributed by atoms with van der Waals surface area (Å²) in [6.07, 6.45) is 1.21. The predicted molar refractivity (Wildman–Crippen MR) is 77.2 cm³/mol. The summed E-state index contributed by atoms with van der Waals surface area (Å²) in [4.78, 5) is 0.829. The molecule has 16 heavy (non-hydrogen) atoms. The fourth-order valence-corrected chi connectivity index (χ4v) is 4.53. The van der Waals surface area contributed by atoms with Crippen LogP contribution in [0.25, 0.3) is 0 Å². The Bertz CT molecular complexity index is 474. The van der Waals surface area contributed by atoms with Crippen LogP contribution in [0.1, 0.15) is 24.1 Å². The van der Waals surface area contributed by atoms with E-state index in [-0.39, 0.29) is 0 Å². The van der Waals surface area contributed by atoms with Crippen LogP contribution in [0.15, 0.2) is 14.3 Å². The van der Waals surface area contributed by atoms with Crippen LogP contribution in [-0.4, -0.2) is 19.4 Å². The van der Waals surface area contributed by atoms with E-state index < -0.39 is 20.0 Å². The van der Waals surface area contributed by atoms with Crippen LogP contribution in [-0.2, 0) is 9.84 Å². The van der Waals surface area contributed by atoms with Gasteiger partial charge in [0.25, 0.3) is 0 Å². The van der Waals surface area contributed by atoms with Crippen molar-refractivity contribution in [2.45, 2.75) is 24.0 Å². The van der Waals surface area contributed by atoms with E-state index in [4.69, 9.17) is 11.6 Å². The molecule has 1 rings (SSSR count). The van der Waals surface area contributed by atoms with Crippen LogP contribution in [0.4, 0.5) is 0 Å². The van der Waals surface area contributed by atoms with Crippen LogP contribution in [0.2, 0.25) is 0 Å². The van der Waals surface area contributed by atoms with E-state index in [0.29, 0.717) is 0 Å². The first-order chi connectivity index (χ1) is 7.07. The number of halogens is 3. The molecule has 1 heterocycles. The second-order valence-electron chi connectivity index (χ2n) is 4.01. The number of thiophene rings is 1. The maximum absolute atomic E-state index is 11.7. The summed E-state index contributed by atoms with van der Waals surface area (Å²) < 4.78 is 24.1. The molecule has 0 radical (unpaired) electrons. The second-order valence-corrected chi connectivity index (χ2v) is 10.3. The normalized spacial score (nSPS) is 15.1. The van der Waals surface area contributed by atoms with Crippen molar-refractivity contribution in [2.75, 3.05) is 6.26 Å². The zero-order valence-electron chi connectivity index (χ0n) is 8.92. The number of hydrogen-bond donors (Lipinski definition) is 0. The number of hydrogen-bond acceptors (Lipinski definition) is 3. The highest BCUT2D eigenvalue weighted by atomic mass is 79.9. The molecular weight excluding hydrogens is 399 g/mol. The first-order valence-electron chi connectivity index (χ1n) is 4.35. The molecule has 0 aromatic carbocycles. The number of alkyl halides is 1. The van der Waals surface area contributed by atoms with E-state index >= 15 is 0 Å². The Labute approximate surface area is 122 Å². The maximum Gasteiger partial charge on any atom is 0.154 e. The van der Waals surface area contributed by atoms with E-state index in [9.17, 15) is 8.42 Å². The lowest BCUT2D eigenvalue weighted by Gasteiger charge is -2.27. The highest BCUT2D eigenvalue weighted by Crippen LogP contribution is 2.44. The molecule has 0 aliphatic carbocycles. The van der Waals surface area contributed by atoms with Gasteiger partial charge in [-0.3, -0.25) is 0 Å². The van der Waals surface area contributed by atoms with Gasteiger partial charge in [-0.1, -0.05) is 0 Å². The summed E-state index contributed by atoms with van der Waals surface area (Å²) in [6, 6.07) is 1.85. The van der Waals surface area contributed by atoms with Gasteiger partial charge in [-0.15, -0.1) is 22.9 Å². The van der Waals surface area contributed by atoms with Crippen molar-refractivity contribution in [3.63, 3.8) is 0 Å². The summed E-state index contributed by atoms with van der Waals surface area (Å²) in [5.41, 5.74) is 0. The molecule has 92 valence electrons. The Balaban J connectivity index is 3.17. The van der Waals surface area contributed by atoms with Gasteiger partial charge in [0.05, 0.1) is 13.9 Å². The highest BCUT2D eigenvalue weighted by Gasteiger charge is 2.39. The molecule has 0 N–H and O–H groups in total. The Morgan fingerprint density at radius 3 is 2.25 bits per heavy atom. The van der Waals surface area contributed by atoms with Gasteiger partial charge in [-0.25, -0.2) is 8.42 Å². The lowest BCUT2D eigenvalue weighted by atomic mass is 10.1. The average molecular weight is 411 g/mol. The van der Waals surface area contributed by atoms with Gasteiger partial charge >= 0.3 is 0 Å². The predicted octanol–water partition coefficient (Wildman–Crippen LogP) is 4.38. The Morgan fingerprint density at radius 1 is 1.44 bits per heavy atom. The monoisotopic (exact) mass is 408 g/mol. The van der Waals surface area contributed by atoms with Crippen molar-refractivity contribution in [1.29, 1.82) is 0 Å². The van der Waals surface area contributed by atoms with Crippen molar-refractivity contribution >= 4 is 64.6 Å². The van der Waals surface area contributed by atoms with E-state index in [1.165, 1.54) is 17.6 Å². The quantitative estimate of drug-likeness (QED) is 0.693. The molecule has 0 fully saturated rings. The molecule has 0 spiro atoms. The molecule has 7 heteroatoms. The van der Waals surface area contributed by atoms with Gasteiger partial charge in [-0.05, 0) is 51.8 Å². The van der Waals surface area contributed by atoms with Crippen LogP contribution in [0.5, 0.6) is 0 Å². The molecule has 1 atom stereocenters. The molecule has 0 aliphatic heterocycles. The summed E-state index contributed by atoms with van der Waals surface area (Å²) in [5, 5.41) is -0.560. The molecule has 1 unspecified atom stereocenters. The molecule has 0 bridgehead atoms. The van der Waals surface area contributed by atoms with Gasteiger partial charge in [0.2, 0.25) is 0 Å². The van der Waals surface area contributed by atoms with Crippen LogP contribution < -0.4 is 0 Å². The SMILES string of the molecule is CC(C)(C(Cl)c1cc(Br)c(Br)s1)S(C)(=O)=O. The minimum atomic E-state index is -3.21. The van der Waals surface area contributed by atoms with Crippen LogP contribution >= 0.6 is 54.8 Å². The van der Waals surface area contributed by atoms with Crippen LogP contribution in [0.3, 0.4) is 0 Å². The molecule has 0 saturated carbocycles. The second kappa shape index (κ2) is 4.88. The fraction of sp³-hybridized carbons (Fsp3) is 0.556. The van der Waals surface area contributed by atoms with Gasteiger partial charge in [0.15, 0.2) is 9.84 Å². The molecule has 2 nitrogen and oxygen atoms in total. The third-order valence-corrected chi connectivity index (χ3v) is 8.99. The zero-order chi connectivity index (χ0) is 12.7. The minimum Gasteiger partial charge on any atom is -0.229 e. The van der Waals surface area contributed by atoms with Crippen molar-refractivity contribution in [3.05, 3.63) is 19.2 Å². The minimum absolute atomic E-state index is 0.560. The fourth-order valence-electron chi connectivity index (χ4n) is 1.02. The van der Waals surface area contributed by atoms with Crippen molar-refractivity contribution in [3.8, 4) is 0 Å². The van der Waals surface area contributed by atoms with Crippen molar-refractivity contribution < 1.29 is 8.42 Å². The highest BCUT2D eigenvalue weighted by molar-refractivity contribution is 9.13. The lowest BCUT2D eigenvalue weighted by molar-refractivity contribution is 0.545. The van der Waals surface area contributed by atoms with Gasteiger partial charge < -0.3 is 0 Å². The van der Waals surface area contributed by atoms with E-state index in [1.807, 2.05) is 6.07 Å². The Morgan fingerprint density at radius 2 is 1.94 bits per heavy atom. The van der Waals surface area contributed by atoms with Gasteiger partial charge in [0, 0.05) is 15.6 Å². The lowest BCUT2D eigenvalue weighted by Crippen LogP contribution is -2.35. The molecular formula is C9H11Br2ClO2S2. The van der Waals surface area contributed by atoms with Gasteiger partial charge in [-0.2, -0.15) is 0 Å². The van der Waals surface area contributed by atoms with Crippen molar-refractivity contribution in [1.82, 2.24) is 0 Å². The third kappa shape index (κ3) is 2.83. The summed E-state index contributed by atoms with van der Waals surface area (Å²) in [7, 11) is -3.21. The largest absolute Gasteiger partial charge is 0.229 e. The molecule has 0 aliphatic rings. The van der Waals surface area contributed by atoms with Gasteiger partial charge in [0.1, 0.15) is 0 Å². The first-order valence-corrected chi connectivity index (χ1v) is 9.09. The maximum atomic E-state index is 11.7. The smallest absolute Gasteiger partial charge is 0.154 e. The van der Waals surface area contributed by atoms with Crippen molar-refractivity contribution in [2.24, 2.45) is 0 Å². The Hall–Kier alpha value is 0.900. The molecule has 0 amide bonds. The summed E-state index contributed by atoms with van der Waals surface area (Å²) in [6.45, 7) is 3.28. The summed E-state index contributed by atoms with van der Waals surface area (Å²) in [5.74, 6) is 0. The van der Waals surface area contributed by atoms with E-state index in [0.717, 1.165) is 13.1 Å². The Kier molecular flexibility index (Phi) is 4.56. The third-order valence-electron chi connectivity index (χ3n) is 2.48. The summed E-state index contributed by atoms with van der Waals surface area (Å²) >= 11 is 14.4. The average Bonchev–Trinajstić information content (AvgIpc) is 2.43. The van der Waals surface area contributed by atoms with E-state index in [2.05, 4.69) is 31.9 Å². The topological polar surface area (TPSA) is 34.1 Å². The standard InChI is InChI=1S/C9H11Br2ClO2S2/c1-9(2,16(3,13)14)7(12)6-4-5(10)8(11)15-6/h4,7H,1-3H3. The zero-order valence-corrected chi connectivity index (χ0v) is 14.5. The molecule has 1 aromatic rings. The molecule has 1 aromatic heterocycles.